The Morgan fingerprint density at radius 2 is 2.10 bits per heavy atom. The maximum atomic E-state index is 13.8. The van der Waals surface area contributed by atoms with Gasteiger partial charge in [0.25, 0.3) is 0 Å². The third-order valence-electron chi connectivity index (χ3n) is 3.92. The van der Waals surface area contributed by atoms with Gasteiger partial charge in [-0.15, -0.1) is 0 Å². The fraction of sp³-hybridized carbons (Fsp3) is 0.571. The quantitative estimate of drug-likeness (QED) is 0.782. The zero-order valence-electron chi connectivity index (χ0n) is 12.0. The maximum absolute atomic E-state index is 13.8. The largest absolute Gasteiger partial charge is 0.399 e. The van der Waals surface area contributed by atoms with Crippen molar-refractivity contribution in [2.45, 2.75) is 43.5 Å². The van der Waals surface area contributed by atoms with Crippen LogP contribution in [0.1, 0.15) is 31.2 Å². The first kappa shape index (κ1) is 16.2. The van der Waals surface area contributed by atoms with Gasteiger partial charge in [-0.25, -0.2) is 12.8 Å². The summed E-state index contributed by atoms with van der Waals surface area (Å²) in [6.07, 6.45) is 2.95. The summed E-state index contributed by atoms with van der Waals surface area (Å²) in [4.78, 5) is -0.0789. The summed E-state index contributed by atoms with van der Waals surface area (Å²) in [5.74, 6) is -0.621. The van der Waals surface area contributed by atoms with Crippen LogP contribution >= 0.6 is 0 Å². The van der Waals surface area contributed by atoms with E-state index in [1.807, 2.05) is 0 Å². The van der Waals surface area contributed by atoms with Gasteiger partial charge in [0.15, 0.2) is 0 Å². The van der Waals surface area contributed by atoms with E-state index in [0.717, 1.165) is 25.3 Å². The van der Waals surface area contributed by atoms with Crippen LogP contribution in [0.2, 0.25) is 0 Å². The van der Waals surface area contributed by atoms with Crippen molar-refractivity contribution >= 4 is 15.7 Å². The molecule has 0 spiro atoms. The third kappa shape index (κ3) is 3.20. The lowest BCUT2D eigenvalue weighted by Gasteiger charge is -2.36. The van der Waals surface area contributed by atoms with Crippen LogP contribution in [-0.2, 0) is 10.0 Å². The minimum atomic E-state index is -3.81. The molecule has 0 heterocycles. The van der Waals surface area contributed by atoms with Crippen LogP contribution in [0.3, 0.4) is 0 Å². The van der Waals surface area contributed by atoms with E-state index in [1.165, 1.54) is 17.3 Å². The smallest absolute Gasteiger partial charge is 0.243 e. The first-order chi connectivity index (χ1) is 9.87. The summed E-state index contributed by atoms with van der Waals surface area (Å²) in [5.41, 5.74) is 5.76. The standard InChI is InChI=1S/C14H21FN2O3S/c1-10-13(15)8-11(16)9-14(10)21(19,20)17(6-3-7-18)12-4-2-5-12/h8-9,12,18H,2-7,16H2,1H3. The van der Waals surface area contributed by atoms with Crippen molar-refractivity contribution < 1.29 is 17.9 Å². The zero-order chi connectivity index (χ0) is 15.6. The monoisotopic (exact) mass is 316 g/mol. The molecule has 0 amide bonds. The molecule has 0 radical (unpaired) electrons. The average molecular weight is 316 g/mol. The highest BCUT2D eigenvalue weighted by atomic mass is 32.2. The van der Waals surface area contributed by atoms with Crippen molar-refractivity contribution in [2.24, 2.45) is 0 Å². The molecule has 1 saturated carbocycles. The van der Waals surface area contributed by atoms with Gasteiger partial charge >= 0.3 is 0 Å². The first-order valence-electron chi connectivity index (χ1n) is 7.06. The van der Waals surface area contributed by atoms with E-state index < -0.39 is 15.8 Å². The number of halogens is 1. The number of sulfonamides is 1. The highest BCUT2D eigenvalue weighted by Gasteiger charge is 2.35. The fourth-order valence-electron chi connectivity index (χ4n) is 2.47. The SMILES string of the molecule is Cc1c(F)cc(N)cc1S(=O)(=O)N(CCCO)C1CCC1. The van der Waals surface area contributed by atoms with Crippen molar-refractivity contribution in [2.75, 3.05) is 18.9 Å². The number of hydrogen-bond acceptors (Lipinski definition) is 4. The number of nitrogens with zero attached hydrogens (tertiary/aromatic N) is 1. The predicted octanol–water partition coefficient (Wildman–Crippen LogP) is 1.64. The van der Waals surface area contributed by atoms with Crippen LogP contribution in [-0.4, -0.2) is 37.0 Å². The Bertz CT molecular complexity index is 615. The molecule has 0 bridgehead atoms. The molecule has 5 nitrogen and oxygen atoms in total. The van der Waals surface area contributed by atoms with Crippen LogP contribution in [0.15, 0.2) is 17.0 Å². The number of anilines is 1. The summed E-state index contributed by atoms with van der Waals surface area (Å²) >= 11 is 0. The zero-order valence-corrected chi connectivity index (χ0v) is 12.9. The lowest BCUT2D eigenvalue weighted by atomic mass is 9.93. The Labute approximate surface area is 124 Å². The molecule has 1 aliphatic carbocycles. The Kier molecular flexibility index (Phi) is 4.85. The van der Waals surface area contributed by atoms with Crippen molar-refractivity contribution in [1.82, 2.24) is 4.31 Å². The second-order valence-electron chi connectivity index (χ2n) is 5.40. The molecule has 118 valence electrons. The molecule has 0 atom stereocenters. The summed E-state index contributed by atoms with van der Waals surface area (Å²) in [6, 6.07) is 2.36. The Morgan fingerprint density at radius 1 is 1.43 bits per heavy atom. The number of hydrogen-bond donors (Lipinski definition) is 2. The molecule has 1 aromatic carbocycles. The highest BCUT2D eigenvalue weighted by Crippen LogP contribution is 2.32. The van der Waals surface area contributed by atoms with E-state index in [1.54, 1.807) is 0 Å². The summed E-state index contributed by atoms with van der Waals surface area (Å²) in [6.45, 7) is 1.59. The van der Waals surface area contributed by atoms with Crippen LogP contribution in [0.5, 0.6) is 0 Å². The van der Waals surface area contributed by atoms with Gasteiger partial charge in [0.1, 0.15) is 5.82 Å². The molecule has 0 aliphatic heterocycles. The Balaban J connectivity index is 2.42. The minimum absolute atomic E-state index is 0.0644. The van der Waals surface area contributed by atoms with E-state index in [2.05, 4.69) is 0 Å². The number of nitrogens with two attached hydrogens (primary N) is 1. The van der Waals surface area contributed by atoms with Crippen molar-refractivity contribution in [3.8, 4) is 0 Å². The highest BCUT2D eigenvalue weighted by molar-refractivity contribution is 7.89. The number of rotatable bonds is 6. The molecule has 3 N–H and O–H groups in total. The number of aliphatic hydroxyl groups is 1. The van der Waals surface area contributed by atoms with E-state index in [0.29, 0.717) is 6.42 Å². The van der Waals surface area contributed by atoms with Crippen LogP contribution in [0.25, 0.3) is 0 Å². The van der Waals surface area contributed by atoms with Crippen molar-refractivity contribution in [3.63, 3.8) is 0 Å². The average Bonchev–Trinajstić information content (AvgIpc) is 2.36. The van der Waals surface area contributed by atoms with E-state index in [9.17, 15) is 12.8 Å². The van der Waals surface area contributed by atoms with Gasteiger partial charge in [-0.2, -0.15) is 4.31 Å². The number of aliphatic hydroxyl groups excluding tert-OH is 1. The second kappa shape index (κ2) is 6.29. The molecule has 0 aromatic heterocycles. The predicted molar refractivity (Wildman–Crippen MR) is 78.8 cm³/mol. The molecule has 2 rings (SSSR count). The van der Waals surface area contributed by atoms with E-state index in [4.69, 9.17) is 10.8 Å². The summed E-state index contributed by atoms with van der Waals surface area (Å²) < 4.78 is 40.8. The van der Waals surface area contributed by atoms with Gasteiger partial charge in [-0.1, -0.05) is 6.42 Å². The number of nitrogen functional groups attached to an aromatic ring is 1. The number of benzene rings is 1. The molecule has 1 aromatic rings. The van der Waals surface area contributed by atoms with Gasteiger partial charge in [-0.3, -0.25) is 0 Å². The summed E-state index contributed by atoms with van der Waals surface area (Å²) in [5, 5.41) is 8.97. The molecule has 0 unspecified atom stereocenters. The van der Waals surface area contributed by atoms with Gasteiger partial charge in [0.2, 0.25) is 10.0 Å². The normalized spacial score (nSPS) is 16.2. The topological polar surface area (TPSA) is 83.6 Å². The second-order valence-corrected chi connectivity index (χ2v) is 7.26. The Morgan fingerprint density at radius 3 is 2.62 bits per heavy atom. The molecule has 7 heteroatoms. The van der Waals surface area contributed by atoms with Crippen molar-refractivity contribution in [1.29, 1.82) is 0 Å². The maximum Gasteiger partial charge on any atom is 0.243 e. The van der Waals surface area contributed by atoms with E-state index >= 15 is 0 Å². The fourth-order valence-corrected chi connectivity index (χ4v) is 4.46. The molecule has 0 saturated heterocycles. The molecule has 1 fully saturated rings. The van der Waals surface area contributed by atoms with Crippen molar-refractivity contribution in [3.05, 3.63) is 23.5 Å². The van der Waals surface area contributed by atoms with Crippen LogP contribution in [0, 0.1) is 12.7 Å². The van der Waals surface area contributed by atoms with E-state index in [-0.39, 0.29) is 35.3 Å². The van der Waals surface area contributed by atoms with Crippen LogP contribution in [0.4, 0.5) is 10.1 Å². The van der Waals surface area contributed by atoms with Gasteiger partial charge in [0.05, 0.1) is 4.90 Å². The lowest BCUT2D eigenvalue weighted by molar-refractivity contribution is 0.198. The minimum Gasteiger partial charge on any atom is -0.399 e. The van der Waals surface area contributed by atoms with Gasteiger partial charge in [0, 0.05) is 30.4 Å². The first-order valence-corrected chi connectivity index (χ1v) is 8.50. The molecular weight excluding hydrogens is 295 g/mol. The third-order valence-corrected chi connectivity index (χ3v) is 6.00. The molecular formula is C14H21FN2O3S. The summed E-state index contributed by atoms with van der Waals surface area (Å²) in [7, 11) is -3.81. The Hall–Kier alpha value is -1.18. The molecule has 21 heavy (non-hydrogen) atoms. The van der Waals surface area contributed by atoms with Gasteiger partial charge in [-0.05, 0) is 38.3 Å². The lowest BCUT2D eigenvalue weighted by Crippen LogP contribution is -2.45. The van der Waals surface area contributed by atoms with Crippen LogP contribution < -0.4 is 5.73 Å². The van der Waals surface area contributed by atoms with Gasteiger partial charge < -0.3 is 10.8 Å². The molecule has 1 aliphatic rings.